The Hall–Kier alpha value is -0.610. The van der Waals surface area contributed by atoms with E-state index < -0.39 is 0 Å². The van der Waals surface area contributed by atoms with Gasteiger partial charge in [-0.05, 0) is 40.3 Å². The van der Waals surface area contributed by atoms with Crippen molar-refractivity contribution in [3.8, 4) is 0 Å². The molecule has 0 atom stereocenters. The van der Waals surface area contributed by atoms with Gasteiger partial charge in [-0.1, -0.05) is 13.8 Å². The van der Waals surface area contributed by atoms with Gasteiger partial charge in [0.15, 0.2) is 0 Å². The number of likely N-dealkylation sites (N-methyl/N-ethyl adjacent to an activating group) is 1. The fourth-order valence-electron chi connectivity index (χ4n) is 1.67. The lowest BCUT2D eigenvalue weighted by atomic mass is 9.99. The molecule has 0 spiro atoms. The van der Waals surface area contributed by atoms with Crippen LogP contribution >= 0.6 is 0 Å². The van der Waals surface area contributed by atoms with Crippen molar-refractivity contribution in [2.24, 2.45) is 11.7 Å². The highest BCUT2D eigenvalue weighted by atomic mass is 16.2. The van der Waals surface area contributed by atoms with E-state index in [0.717, 1.165) is 26.1 Å². The average molecular weight is 257 g/mol. The number of hydrogen-bond acceptors (Lipinski definition) is 3. The summed E-state index contributed by atoms with van der Waals surface area (Å²) in [5.41, 5.74) is 5.67. The summed E-state index contributed by atoms with van der Waals surface area (Å²) in [4.78, 5) is 16.3. The van der Waals surface area contributed by atoms with Crippen molar-refractivity contribution in [1.29, 1.82) is 0 Å². The molecule has 0 rings (SSSR count). The Morgan fingerprint density at radius 1 is 1.22 bits per heavy atom. The summed E-state index contributed by atoms with van der Waals surface area (Å²) >= 11 is 0. The fraction of sp³-hybridized carbons (Fsp3) is 0.929. The first-order valence-electron chi connectivity index (χ1n) is 6.83. The molecule has 4 heteroatoms. The molecule has 2 N–H and O–H groups in total. The summed E-state index contributed by atoms with van der Waals surface area (Å²) in [6.07, 6.45) is 1.28. The van der Waals surface area contributed by atoms with Crippen molar-refractivity contribution < 1.29 is 4.79 Å². The number of nitrogens with two attached hydrogens (primary N) is 1. The first kappa shape index (κ1) is 17.4. The first-order chi connectivity index (χ1) is 8.11. The zero-order chi connectivity index (χ0) is 14.3. The highest BCUT2D eigenvalue weighted by Crippen LogP contribution is 2.10. The van der Waals surface area contributed by atoms with Gasteiger partial charge in [-0.3, -0.25) is 4.79 Å². The van der Waals surface area contributed by atoms with Gasteiger partial charge in [-0.2, -0.15) is 0 Å². The Kier molecular flexibility index (Phi) is 7.48. The van der Waals surface area contributed by atoms with Gasteiger partial charge in [0.2, 0.25) is 5.91 Å². The number of rotatable bonds is 8. The van der Waals surface area contributed by atoms with Gasteiger partial charge in [0.25, 0.3) is 0 Å². The van der Waals surface area contributed by atoms with E-state index in [2.05, 4.69) is 18.7 Å². The SMILES string of the molecule is CC(C)CN(CCN(C)C)C(=O)CCC(C)(C)N. The smallest absolute Gasteiger partial charge is 0.222 e. The zero-order valence-electron chi connectivity index (χ0n) is 13.0. The fourth-order valence-corrected chi connectivity index (χ4v) is 1.67. The van der Waals surface area contributed by atoms with Crippen LogP contribution < -0.4 is 5.73 Å². The second-order valence-electron chi connectivity index (χ2n) is 6.53. The predicted octanol–water partition coefficient (Wildman–Crippen LogP) is 1.55. The van der Waals surface area contributed by atoms with Crippen LogP contribution in [0.15, 0.2) is 0 Å². The van der Waals surface area contributed by atoms with Crippen molar-refractivity contribution >= 4 is 5.91 Å². The maximum Gasteiger partial charge on any atom is 0.222 e. The number of hydrogen-bond donors (Lipinski definition) is 1. The summed E-state index contributed by atoms with van der Waals surface area (Å²) in [7, 11) is 4.06. The Labute approximate surface area is 113 Å². The van der Waals surface area contributed by atoms with Crippen LogP contribution in [-0.2, 0) is 4.79 Å². The van der Waals surface area contributed by atoms with E-state index in [-0.39, 0.29) is 11.4 Å². The molecule has 18 heavy (non-hydrogen) atoms. The molecular formula is C14H31N3O. The van der Waals surface area contributed by atoms with Gasteiger partial charge in [0, 0.05) is 31.6 Å². The van der Waals surface area contributed by atoms with Crippen LogP contribution in [0.25, 0.3) is 0 Å². The van der Waals surface area contributed by atoms with Gasteiger partial charge in [-0.25, -0.2) is 0 Å². The normalized spacial score (nSPS) is 12.3. The predicted molar refractivity (Wildman–Crippen MR) is 77.5 cm³/mol. The Bertz CT molecular complexity index is 244. The minimum Gasteiger partial charge on any atom is -0.341 e. The second-order valence-corrected chi connectivity index (χ2v) is 6.53. The van der Waals surface area contributed by atoms with E-state index in [9.17, 15) is 4.79 Å². The van der Waals surface area contributed by atoms with Crippen LogP contribution in [0, 0.1) is 5.92 Å². The van der Waals surface area contributed by atoms with Gasteiger partial charge in [0.1, 0.15) is 0 Å². The summed E-state index contributed by atoms with van der Waals surface area (Å²) in [6, 6.07) is 0. The van der Waals surface area contributed by atoms with Gasteiger partial charge in [0.05, 0.1) is 0 Å². The Morgan fingerprint density at radius 2 is 1.78 bits per heavy atom. The van der Waals surface area contributed by atoms with Crippen LogP contribution in [-0.4, -0.2) is 55.0 Å². The quantitative estimate of drug-likeness (QED) is 0.718. The monoisotopic (exact) mass is 257 g/mol. The van der Waals surface area contributed by atoms with Gasteiger partial charge in [-0.15, -0.1) is 0 Å². The van der Waals surface area contributed by atoms with Gasteiger partial charge < -0.3 is 15.5 Å². The van der Waals surface area contributed by atoms with Crippen LogP contribution in [0.3, 0.4) is 0 Å². The molecule has 0 bridgehead atoms. The van der Waals surface area contributed by atoms with Crippen molar-refractivity contribution in [1.82, 2.24) is 9.80 Å². The van der Waals surface area contributed by atoms with E-state index in [1.807, 2.05) is 32.8 Å². The van der Waals surface area contributed by atoms with Crippen LogP contribution in [0.5, 0.6) is 0 Å². The molecule has 0 unspecified atom stereocenters. The standard InChI is InChI=1S/C14H31N3O/c1-12(2)11-17(10-9-16(5)6)13(18)7-8-14(3,4)15/h12H,7-11,15H2,1-6H3. The molecule has 0 aliphatic rings. The summed E-state index contributed by atoms with van der Waals surface area (Å²) in [5.74, 6) is 0.728. The molecule has 108 valence electrons. The molecule has 1 amide bonds. The molecule has 4 nitrogen and oxygen atoms in total. The average Bonchev–Trinajstić information content (AvgIpc) is 2.19. The highest BCUT2D eigenvalue weighted by Gasteiger charge is 2.18. The molecule has 0 radical (unpaired) electrons. The van der Waals surface area contributed by atoms with E-state index in [1.54, 1.807) is 0 Å². The lowest BCUT2D eigenvalue weighted by molar-refractivity contribution is -0.132. The van der Waals surface area contributed by atoms with E-state index in [1.165, 1.54) is 0 Å². The maximum atomic E-state index is 12.2. The third-order valence-corrected chi connectivity index (χ3v) is 2.74. The lowest BCUT2D eigenvalue weighted by Crippen LogP contribution is -2.40. The van der Waals surface area contributed by atoms with Crippen molar-refractivity contribution in [2.75, 3.05) is 33.7 Å². The van der Waals surface area contributed by atoms with Crippen molar-refractivity contribution in [2.45, 2.75) is 46.1 Å². The highest BCUT2D eigenvalue weighted by molar-refractivity contribution is 5.76. The summed E-state index contributed by atoms with van der Waals surface area (Å²) < 4.78 is 0. The second kappa shape index (κ2) is 7.74. The minimum absolute atomic E-state index is 0.226. The summed E-state index contributed by atoms with van der Waals surface area (Å²) in [6.45, 7) is 10.8. The summed E-state index contributed by atoms with van der Waals surface area (Å²) in [5, 5.41) is 0. The number of carbonyl (C=O) groups excluding carboxylic acids is 1. The van der Waals surface area contributed by atoms with E-state index in [4.69, 9.17) is 5.73 Å². The Morgan fingerprint density at radius 3 is 2.17 bits per heavy atom. The third-order valence-electron chi connectivity index (χ3n) is 2.74. The zero-order valence-corrected chi connectivity index (χ0v) is 13.0. The molecule has 0 aromatic heterocycles. The number of amides is 1. The topological polar surface area (TPSA) is 49.6 Å². The van der Waals surface area contributed by atoms with Crippen LogP contribution in [0.2, 0.25) is 0 Å². The lowest BCUT2D eigenvalue weighted by Gasteiger charge is -2.27. The first-order valence-corrected chi connectivity index (χ1v) is 6.83. The van der Waals surface area contributed by atoms with E-state index in [0.29, 0.717) is 12.3 Å². The minimum atomic E-state index is -0.263. The largest absolute Gasteiger partial charge is 0.341 e. The van der Waals surface area contributed by atoms with E-state index >= 15 is 0 Å². The number of carbonyl (C=O) groups is 1. The Balaban J connectivity index is 4.31. The van der Waals surface area contributed by atoms with Crippen molar-refractivity contribution in [3.63, 3.8) is 0 Å². The van der Waals surface area contributed by atoms with Crippen LogP contribution in [0.4, 0.5) is 0 Å². The molecular weight excluding hydrogens is 226 g/mol. The molecule has 0 aromatic carbocycles. The molecule has 0 aliphatic carbocycles. The third kappa shape index (κ3) is 9.42. The maximum absolute atomic E-state index is 12.2. The molecule has 0 saturated heterocycles. The van der Waals surface area contributed by atoms with Crippen LogP contribution in [0.1, 0.15) is 40.5 Å². The van der Waals surface area contributed by atoms with Gasteiger partial charge >= 0.3 is 0 Å². The number of nitrogens with zero attached hydrogens (tertiary/aromatic N) is 2. The molecule has 0 saturated carbocycles. The molecule has 0 aromatic rings. The molecule has 0 fully saturated rings. The molecule has 0 aliphatic heterocycles. The molecule has 0 heterocycles. The van der Waals surface area contributed by atoms with Crippen molar-refractivity contribution in [3.05, 3.63) is 0 Å².